The second-order valence-electron chi connectivity index (χ2n) is 2.41. The average Bonchev–Trinajstić information content (AvgIpc) is 2.35. The zero-order chi connectivity index (χ0) is 8.27. The van der Waals surface area contributed by atoms with Crippen molar-refractivity contribution in [1.82, 2.24) is 15.4 Å². The molecule has 4 nitrogen and oxygen atoms in total. The number of carbonyl (C=O) groups excluding carboxylic acids is 1. The predicted octanol–water partition coefficient (Wildman–Crippen LogP) is 0.954. The van der Waals surface area contributed by atoms with Gasteiger partial charge in [-0.15, -0.1) is 0 Å². The number of rotatable bonds is 3. The Bertz CT molecular complexity index is 263. The quantitative estimate of drug-likeness (QED) is 0.517. The molecule has 1 rings (SSSR count). The van der Waals surface area contributed by atoms with Crippen molar-refractivity contribution in [2.45, 2.75) is 13.3 Å². The highest BCUT2D eigenvalue weighted by Crippen LogP contribution is 2.02. The summed E-state index contributed by atoms with van der Waals surface area (Å²) in [7, 11) is 0. The van der Waals surface area contributed by atoms with Crippen molar-refractivity contribution in [3.63, 3.8) is 0 Å². The van der Waals surface area contributed by atoms with E-state index in [4.69, 9.17) is 0 Å². The van der Waals surface area contributed by atoms with Crippen molar-refractivity contribution >= 4 is 5.78 Å². The fraction of sp³-hybridized carbons (Fsp3) is 0.286. The van der Waals surface area contributed by atoms with Crippen LogP contribution in [0.25, 0.3) is 0 Å². The number of Topliss-reactive ketones (excluding diaryl/α,β-unsaturated/α-hetero) is 1. The van der Waals surface area contributed by atoms with Gasteiger partial charge in [-0.05, 0) is 6.92 Å². The molecule has 1 N–H and O–H groups in total. The molecule has 0 saturated heterocycles. The van der Waals surface area contributed by atoms with Gasteiger partial charge in [-0.25, -0.2) is 0 Å². The number of nitrogens with one attached hydrogen (secondary N) is 1. The van der Waals surface area contributed by atoms with Crippen molar-refractivity contribution in [3.8, 4) is 0 Å². The molecular weight excluding hydrogens is 142 g/mol. The SMILES string of the molecule is C=C(C)CC(=O)c1cn[nH]n1. The first-order valence-corrected chi connectivity index (χ1v) is 3.23. The Balaban J connectivity index is 2.64. The standard InChI is InChI=1S/C7H9N3O/c1-5(2)3-7(11)6-4-8-10-9-6/h4H,1,3H2,2H3,(H,8,9,10). The van der Waals surface area contributed by atoms with E-state index in [2.05, 4.69) is 22.0 Å². The lowest BCUT2D eigenvalue weighted by atomic mass is 10.1. The van der Waals surface area contributed by atoms with Crippen LogP contribution in [0.1, 0.15) is 23.8 Å². The van der Waals surface area contributed by atoms with Gasteiger partial charge in [-0.2, -0.15) is 15.4 Å². The van der Waals surface area contributed by atoms with Gasteiger partial charge in [0.05, 0.1) is 6.20 Å². The molecule has 0 unspecified atom stereocenters. The zero-order valence-corrected chi connectivity index (χ0v) is 6.29. The van der Waals surface area contributed by atoms with Crippen molar-refractivity contribution in [1.29, 1.82) is 0 Å². The van der Waals surface area contributed by atoms with Gasteiger partial charge in [-0.3, -0.25) is 4.79 Å². The van der Waals surface area contributed by atoms with Crippen LogP contribution in [-0.2, 0) is 0 Å². The average molecular weight is 151 g/mol. The molecule has 0 saturated carbocycles. The molecule has 0 aliphatic rings. The third kappa shape index (κ3) is 2.00. The molecule has 0 aromatic carbocycles. The summed E-state index contributed by atoms with van der Waals surface area (Å²) < 4.78 is 0. The van der Waals surface area contributed by atoms with Gasteiger partial charge >= 0.3 is 0 Å². The Morgan fingerprint density at radius 1 is 1.82 bits per heavy atom. The summed E-state index contributed by atoms with van der Waals surface area (Å²) in [5, 5.41) is 9.54. The van der Waals surface area contributed by atoms with Gasteiger partial charge in [0.1, 0.15) is 5.69 Å². The molecule has 0 radical (unpaired) electrons. The molecule has 0 amide bonds. The minimum absolute atomic E-state index is 0.0498. The van der Waals surface area contributed by atoms with Gasteiger partial charge in [-0.1, -0.05) is 12.2 Å². The van der Waals surface area contributed by atoms with E-state index in [-0.39, 0.29) is 5.78 Å². The number of ketones is 1. The molecule has 0 spiro atoms. The number of aromatic amines is 1. The minimum atomic E-state index is -0.0498. The van der Waals surface area contributed by atoms with Crippen LogP contribution >= 0.6 is 0 Å². The molecule has 0 aliphatic carbocycles. The number of nitrogens with zero attached hydrogens (tertiary/aromatic N) is 2. The van der Waals surface area contributed by atoms with E-state index < -0.39 is 0 Å². The first-order chi connectivity index (χ1) is 5.20. The minimum Gasteiger partial charge on any atom is -0.292 e. The summed E-state index contributed by atoms with van der Waals surface area (Å²) >= 11 is 0. The predicted molar refractivity (Wildman–Crippen MR) is 40.1 cm³/mol. The molecule has 0 bridgehead atoms. The molecule has 11 heavy (non-hydrogen) atoms. The first kappa shape index (κ1) is 7.65. The molecule has 0 aliphatic heterocycles. The van der Waals surface area contributed by atoms with E-state index in [9.17, 15) is 4.79 Å². The number of allylic oxidation sites excluding steroid dienone is 1. The fourth-order valence-corrected chi connectivity index (χ4v) is 0.701. The maximum absolute atomic E-state index is 11.1. The Morgan fingerprint density at radius 2 is 2.55 bits per heavy atom. The highest BCUT2D eigenvalue weighted by molar-refractivity contribution is 5.95. The monoisotopic (exact) mass is 151 g/mol. The van der Waals surface area contributed by atoms with E-state index in [0.717, 1.165) is 5.57 Å². The third-order valence-corrected chi connectivity index (χ3v) is 1.16. The molecule has 4 heteroatoms. The second kappa shape index (κ2) is 3.09. The molecule has 1 aromatic rings. The molecule has 1 aromatic heterocycles. The first-order valence-electron chi connectivity index (χ1n) is 3.23. The van der Waals surface area contributed by atoms with Gasteiger partial charge < -0.3 is 0 Å². The van der Waals surface area contributed by atoms with E-state index in [1.807, 2.05) is 0 Å². The van der Waals surface area contributed by atoms with Crippen LogP contribution < -0.4 is 0 Å². The third-order valence-electron chi connectivity index (χ3n) is 1.16. The summed E-state index contributed by atoms with van der Waals surface area (Å²) in [5.74, 6) is -0.0498. The van der Waals surface area contributed by atoms with Crippen LogP contribution in [0.3, 0.4) is 0 Å². The summed E-state index contributed by atoms with van der Waals surface area (Å²) in [6.45, 7) is 5.43. The number of hydrogen-bond donors (Lipinski definition) is 1. The van der Waals surface area contributed by atoms with Crippen molar-refractivity contribution in [3.05, 3.63) is 24.0 Å². The van der Waals surface area contributed by atoms with Gasteiger partial charge in [0.15, 0.2) is 5.78 Å². The van der Waals surface area contributed by atoms with Crippen LogP contribution in [0, 0.1) is 0 Å². The van der Waals surface area contributed by atoms with Crippen LogP contribution in [0.4, 0.5) is 0 Å². The van der Waals surface area contributed by atoms with Crippen LogP contribution in [-0.4, -0.2) is 21.2 Å². The number of H-pyrrole nitrogens is 1. The molecular formula is C7H9N3O. The number of hydrogen-bond acceptors (Lipinski definition) is 3. The molecule has 0 fully saturated rings. The summed E-state index contributed by atoms with van der Waals surface area (Å²) in [6.07, 6.45) is 1.75. The van der Waals surface area contributed by atoms with Gasteiger partial charge in [0.2, 0.25) is 0 Å². The van der Waals surface area contributed by atoms with Crippen LogP contribution in [0.2, 0.25) is 0 Å². The molecule has 0 atom stereocenters. The lowest BCUT2D eigenvalue weighted by Gasteiger charge is -1.92. The maximum Gasteiger partial charge on any atom is 0.188 e. The maximum atomic E-state index is 11.1. The highest BCUT2D eigenvalue weighted by atomic mass is 16.1. The van der Waals surface area contributed by atoms with Crippen LogP contribution in [0.5, 0.6) is 0 Å². The Morgan fingerprint density at radius 3 is 3.00 bits per heavy atom. The summed E-state index contributed by atoms with van der Waals surface area (Å²) in [4.78, 5) is 11.1. The normalized spacial score (nSPS) is 9.55. The zero-order valence-electron chi connectivity index (χ0n) is 6.29. The summed E-state index contributed by atoms with van der Waals surface area (Å²) in [5.41, 5.74) is 1.20. The lowest BCUT2D eigenvalue weighted by Crippen LogP contribution is -1.99. The van der Waals surface area contributed by atoms with E-state index in [1.165, 1.54) is 6.20 Å². The molecule has 1 heterocycles. The van der Waals surface area contributed by atoms with Crippen molar-refractivity contribution < 1.29 is 4.79 Å². The summed E-state index contributed by atoms with van der Waals surface area (Å²) in [6, 6.07) is 0. The van der Waals surface area contributed by atoms with E-state index in [1.54, 1.807) is 6.92 Å². The highest BCUT2D eigenvalue weighted by Gasteiger charge is 2.07. The Kier molecular flexibility index (Phi) is 2.15. The van der Waals surface area contributed by atoms with Crippen molar-refractivity contribution in [2.24, 2.45) is 0 Å². The number of aromatic nitrogens is 3. The fourth-order valence-electron chi connectivity index (χ4n) is 0.701. The van der Waals surface area contributed by atoms with Gasteiger partial charge in [0.25, 0.3) is 0 Å². The second-order valence-corrected chi connectivity index (χ2v) is 2.41. The number of carbonyl (C=O) groups is 1. The van der Waals surface area contributed by atoms with Crippen molar-refractivity contribution in [2.75, 3.05) is 0 Å². The Hall–Kier alpha value is -1.45. The smallest absolute Gasteiger partial charge is 0.188 e. The Labute approximate surface area is 64.3 Å². The van der Waals surface area contributed by atoms with E-state index in [0.29, 0.717) is 12.1 Å². The molecule has 58 valence electrons. The van der Waals surface area contributed by atoms with E-state index >= 15 is 0 Å². The topological polar surface area (TPSA) is 58.6 Å². The van der Waals surface area contributed by atoms with Gasteiger partial charge in [0, 0.05) is 6.42 Å². The lowest BCUT2D eigenvalue weighted by molar-refractivity contribution is 0.0988. The van der Waals surface area contributed by atoms with Crippen LogP contribution in [0.15, 0.2) is 18.3 Å². The largest absolute Gasteiger partial charge is 0.292 e.